The van der Waals surface area contributed by atoms with Gasteiger partial charge in [0, 0.05) is 35.9 Å². The zero-order chi connectivity index (χ0) is 30.9. The highest BCUT2D eigenvalue weighted by Crippen LogP contribution is 2.41. The normalized spacial score (nSPS) is 10.8. The number of nitrogens with zero attached hydrogens (tertiary/aromatic N) is 6. The fourth-order valence-electron chi connectivity index (χ4n) is 4.32. The minimum atomic E-state index is -0.607. The number of benzene rings is 3. The molecule has 0 saturated carbocycles. The summed E-state index contributed by atoms with van der Waals surface area (Å²) in [4.78, 5) is 44.3. The van der Waals surface area contributed by atoms with Crippen molar-refractivity contribution in [2.75, 3.05) is 18.4 Å². The lowest BCUT2D eigenvalue weighted by Gasteiger charge is -2.12. The third-order valence-electron chi connectivity index (χ3n) is 6.45. The number of phenolic OH excluding ortho intramolecular Hbond substituents is 1. The van der Waals surface area contributed by atoms with E-state index in [-0.39, 0.29) is 28.7 Å². The molecule has 0 aliphatic carbocycles. The van der Waals surface area contributed by atoms with Crippen LogP contribution < -0.4 is 16.0 Å². The Bertz CT molecular complexity index is 1900. The van der Waals surface area contributed by atoms with Crippen LogP contribution in [-0.4, -0.2) is 51.2 Å². The minimum absolute atomic E-state index is 0.0442. The lowest BCUT2D eigenvalue weighted by molar-refractivity contribution is -0.109. The number of hydrogen-bond donors (Lipinski definition) is 4. The highest BCUT2D eigenvalue weighted by Gasteiger charge is 2.21. The first-order valence-corrected chi connectivity index (χ1v) is 13.4. The second kappa shape index (κ2) is 13.5. The van der Waals surface area contributed by atoms with Crippen molar-refractivity contribution in [3.8, 4) is 11.6 Å². The molecule has 0 spiro atoms. The number of nitrogens with one attached hydrogen (secondary N) is 3. The summed E-state index contributed by atoms with van der Waals surface area (Å²) in [5.41, 5.74) is 0.780. The van der Waals surface area contributed by atoms with Crippen molar-refractivity contribution in [3.63, 3.8) is 0 Å². The molecule has 5 rings (SSSR count). The first-order valence-electron chi connectivity index (χ1n) is 13.4. The number of fused-ring (bicyclic) bond motifs is 1. The molecule has 0 bridgehead atoms. The molecule has 13 heteroatoms. The first kappa shape index (κ1) is 29.1. The monoisotopic (exact) mass is 587 g/mol. The van der Waals surface area contributed by atoms with Gasteiger partial charge < -0.3 is 21.1 Å². The minimum Gasteiger partial charge on any atom is -0.505 e. The van der Waals surface area contributed by atoms with E-state index in [0.717, 1.165) is 0 Å². The Morgan fingerprint density at radius 1 is 1.00 bits per heavy atom. The fourth-order valence-corrected chi connectivity index (χ4v) is 4.32. The van der Waals surface area contributed by atoms with Crippen LogP contribution in [0.4, 0.5) is 22.9 Å². The maximum Gasteiger partial charge on any atom is 0.259 e. The second-order valence-electron chi connectivity index (χ2n) is 9.32. The Kier molecular flexibility index (Phi) is 8.92. The number of para-hydroxylation sites is 1. The molecule has 2 aromatic heterocycles. The SMILES string of the molecule is [C-]#[N+]c1cnn(-c2ccccn2)c1N=Nc1c(O)c(C(=O)Nc2ccccc2)cc2cc(C(=O)NCCCNC=O)ccc12. The second-order valence-corrected chi connectivity index (χ2v) is 9.32. The molecule has 2 heterocycles. The van der Waals surface area contributed by atoms with E-state index in [2.05, 4.69) is 41.1 Å². The number of azo groups is 1. The van der Waals surface area contributed by atoms with Crippen LogP contribution in [0.3, 0.4) is 0 Å². The van der Waals surface area contributed by atoms with Gasteiger partial charge in [-0.25, -0.2) is 14.5 Å². The average Bonchev–Trinajstić information content (AvgIpc) is 3.47. The van der Waals surface area contributed by atoms with Crippen LogP contribution in [0.15, 0.2) is 95.4 Å². The van der Waals surface area contributed by atoms with Crippen LogP contribution in [0.1, 0.15) is 27.1 Å². The van der Waals surface area contributed by atoms with Gasteiger partial charge in [0.25, 0.3) is 17.5 Å². The van der Waals surface area contributed by atoms with Crippen molar-refractivity contribution in [3.05, 3.63) is 108 Å². The van der Waals surface area contributed by atoms with Gasteiger partial charge in [-0.3, -0.25) is 14.4 Å². The number of aromatic nitrogens is 3. The van der Waals surface area contributed by atoms with Gasteiger partial charge in [-0.1, -0.05) is 30.3 Å². The van der Waals surface area contributed by atoms with Crippen molar-refractivity contribution in [1.29, 1.82) is 0 Å². The molecule has 0 fully saturated rings. The summed E-state index contributed by atoms with van der Waals surface area (Å²) in [6.07, 6.45) is 4.04. The maximum absolute atomic E-state index is 13.3. The molecule has 3 aromatic carbocycles. The average molecular weight is 588 g/mol. The molecule has 0 unspecified atom stereocenters. The van der Waals surface area contributed by atoms with Crippen molar-refractivity contribution < 1.29 is 19.5 Å². The van der Waals surface area contributed by atoms with Gasteiger partial charge in [0.1, 0.15) is 5.69 Å². The Morgan fingerprint density at radius 3 is 2.57 bits per heavy atom. The maximum atomic E-state index is 13.3. The molecule has 4 N–H and O–H groups in total. The molecular weight excluding hydrogens is 562 g/mol. The Hall–Kier alpha value is -6.42. The quantitative estimate of drug-likeness (QED) is 0.0716. The molecule has 0 saturated heterocycles. The molecule has 0 aliphatic rings. The Morgan fingerprint density at radius 2 is 1.82 bits per heavy atom. The van der Waals surface area contributed by atoms with E-state index in [9.17, 15) is 19.5 Å². The molecule has 0 radical (unpaired) electrons. The Labute approximate surface area is 251 Å². The lowest BCUT2D eigenvalue weighted by Crippen LogP contribution is -2.27. The number of anilines is 1. The van der Waals surface area contributed by atoms with Crippen LogP contribution >= 0.6 is 0 Å². The number of amides is 3. The molecule has 218 valence electrons. The molecule has 0 atom stereocenters. The van der Waals surface area contributed by atoms with E-state index >= 15 is 0 Å². The number of rotatable bonds is 11. The summed E-state index contributed by atoms with van der Waals surface area (Å²) in [6, 6.07) is 20.1. The summed E-state index contributed by atoms with van der Waals surface area (Å²) in [7, 11) is 0. The zero-order valence-electron chi connectivity index (χ0n) is 23.1. The van der Waals surface area contributed by atoms with Crippen molar-refractivity contribution in [2.45, 2.75) is 6.42 Å². The third kappa shape index (κ3) is 6.39. The summed E-state index contributed by atoms with van der Waals surface area (Å²) in [6.45, 7) is 8.31. The number of carbonyl (C=O) groups is 3. The highest BCUT2D eigenvalue weighted by atomic mass is 16.3. The van der Waals surface area contributed by atoms with Crippen molar-refractivity contribution >= 4 is 51.9 Å². The topological polar surface area (TPSA) is 167 Å². The molecule has 13 nitrogen and oxygen atoms in total. The van der Waals surface area contributed by atoms with E-state index in [1.165, 1.54) is 16.9 Å². The Balaban J connectivity index is 1.57. The number of aromatic hydroxyl groups is 1. The van der Waals surface area contributed by atoms with Gasteiger partial charge >= 0.3 is 0 Å². The third-order valence-corrected chi connectivity index (χ3v) is 6.45. The van der Waals surface area contributed by atoms with Crippen molar-refractivity contribution in [1.82, 2.24) is 25.4 Å². The van der Waals surface area contributed by atoms with Gasteiger partial charge in [-0.05, 0) is 54.3 Å². The van der Waals surface area contributed by atoms with Crippen molar-refractivity contribution in [2.24, 2.45) is 10.2 Å². The summed E-state index contributed by atoms with van der Waals surface area (Å²) >= 11 is 0. The first-order chi connectivity index (χ1) is 21.5. The van der Waals surface area contributed by atoms with Crippen LogP contribution in [0.25, 0.3) is 21.4 Å². The van der Waals surface area contributed by atoms with E-state index in [4.69, 9.17) is 6.57 Å². The van der Waals surface area contributed by atoms with E-state index in [1.54, 1.807) is 72.9 Å². The zero-order valence-corrected chi connectivity index (χ0v) is 23.1. The molecular formula is C31H25N9O4. The van der Waals surface area contributed by atoms with Gasteiger partial charge in [-0.15, -0.1) is 10.2 Å². The van der Waals surface area contributed by atoms with Gasteiger partial charge in [-0.2, -0.15) is 5.10 Å². The van der Waals surface area contributed by atoms with Crippen LogP contribution in [-0.2, 0) is 4.79 Å². The molecule has 5 aromatic rings. The lowest BCUT2D eigenvalue weighted by atomic mass is 10.0. The number of carbonyl (C=O) groups excluding carboxylic acids is 3. The smallest absolute Gasteiger partial charge is 0.259 e. The summed E-state index contributed by atoms with van der Waals surface area (Å²) in [5.74, 6) is -0.928. The summed E-state index contributed by atoms with van der Waals surface area (Å²) < 4.78 is 1.34. The molecule has 44 heavy (non-hydrogen) atoms. The van der Waals surface area contributed by atoms with Gasteiger partial charge in [0.05, 0.1) is 18.3 Å². The predicted octanol–water partition coefficient (Wildman–Crippen LogP) is 5.21. The largest absolute Gasteiger partial charge is 0.505 e. The summed E-state index contributed by atoms with van der Waals surface area (Å²) in [5, 5.41) is 33.0. The highest BCUT2D eigenvalue weighted by molar-refractivity contribution is 6.12. The van der Waals surface area contributed by atoms with Crippen LogP contribution in [0.2, 0.25) is 0 Å². The standard InChI is InChI=1S/C31H25N9O4/c1-32-25-18-36-40(26-10-5-6-14-34-26)29(25)39-38-27-23-12-11-20(30(43)35-15-7-13-33-19-41)16-21(23)17-24(28(27)42)31(44)37-22-8-3-2-4-9-22/h2-6,8-12,14,16-19,42H,7,13,15H2,(H,33,41)(H,35,43)(H,37,44). The number of phenols is 1. The van der Waals surface area contributed by atoms with Gasteiger partial charge in [0.2, 0.25) is 6.41 Å². The van der Waals surface area contributed by atoms with E-state index in [1.807, 2.05) is 0 Å². The fraction of sp³-hybridized carbons (Fsp3) is 0.0968. The van der Waals surface area contributed by atoms with E-state index in [0.29, 0.717) is 53.8 Å². The number of hydrogen-bond acceptors (Lipinski definition) is 8. The van der Waals surface area contributed by atoms with Gasteiger partial charge in [0.15, 0.2) is 17.4 Å². The molecule has 3 amide bonds. The van der Waals surface area contributed by atoms with E-state index < -0.39 is 11.7 Å². The number of pyridine rings is 1. The predicted molar refractivity (Wildman–Crippen MR) is 163 cm³/mol. The van der Waals surface area contributed by atoms with Crippen LogP contribution in [0, 0.1) is 6.57 Å². The van der Waals surface area contributed by atoms with Crippen LogP contribution in [0.5, 0.6) is 5.75 Å². The molecule has 0 aliphatic heterocycles.